The molecule has 0 aromatic heterocycles. The van der Waals surface area contributed by atoms with Crippen LogP contribution in [0, 0.1) is 0 Å². The summed E-state index contributed by atoms with van der Waals surface area (Å²) in [5, 5.41) is 0. The highest BCUT2D eigenvalue weighted by atomic mass is 32.2. The maximum Gasteiger partial charge on any atom is 0.356 e. The third-order valence-electron chi connectivity index (χ3n) is 2.55. The molecule has 5 heteroatoms. The third-order valence-corrected chi connectivity index (χ3v) is 4.92. The van der Waals surface area contributed by atoms with E-state index in [1.54, 1.807) is 0 Å². The third kappa shape index (κ3) is 12.1. The minimum atomic E-state index is -0.346. The van der Waals surface area contributed by atoms with Crippen molar-refractivity contribution in [1.29, 1.82) is 0 Å². The largest absolute Gasteiger partial charge is 0.462 e. The smallest absolute Gasteiger partial charge is 0.356 e. The van der Waals surface area contributed by atoms with Crippen LogP contribution in [0.4, 0.5) is 0 Å². The van der Waals surface area contributed by atoms with Gasteiger partial charge in [0.1, 0.15) is 24.7 Å². The van der Waals surface area contributed by atoms with Crippen molar-refractivity contribution in [1.82, 2.24) is 0 Å². The summed E-state index contributed by atoms with van der Waals surface area (Å²) in [6, 6.07) is 0. The summed E-state index contributed by atoms with van der Waals surface area (Å²) in [5.41, 5.74) is 0. The van der Waals surface area contributed by atoms with Crippen LogP contribution in [0.5, 0.6) is 0 Å². The van der Waals surface area contributed by atoms with E-state index in [1.165, 1.54) is 19.8 Å². The number of hydrogen-bond acceptors (Lipinski definition) is 4. The van der Waals surface area contributed by atoms with Gasteiger partial charge in [0.2, 0.25) is 5.75 Å². The Labute approximate surface area is 119 Å². The molecular weight excluding hydrogens is 264 g/mol. The molecule has 0 saturated carbocycles. The number of carbonyl (C=O) groups is 2. The molecule has 0 aliphatic carbocycles. The minimum absolute atomic E-state index is 0.149. The monoisotopic (exact) mass is 291 g/mol. The summed E-state index contributed by atoms with van der Waals surface area (Å²) in [4.78, 5) is 22.2. The summed E-state index contributed by atoms with van der Waals surface area (Å²) < 4.78 is 9.79. The molecule has 0 amide bonds. The van der Waals surface area contributed by atoms with Gasteiger partial charge in [-0.1, -0.05) is 26.7 Å². The van der Waals surface area contributed by atoms with Crippen molar-refractivity contribution in [2.45, 2.75) is 46.5 Å². The van der Waals surface area contributed by atoms with Crippen molar-refractivity contribution in [3.8, 4) is 0 Å². The van der Waals surface area contributed by atoms with Crippen LogP contribution in [0.3, 0.4) is 0 Å². The van der Waals surface area contributed by atoms with Crippen molar-refractivity contribution in [3.63, 3.8) is 0 Å². The van der Waals surface area contributed by atoms with E-state index in [4.69, 9.17) is 9.47 Å². The van der Waals surface area contributed by atoms with E-state index in [9.17, 15) is 9.59 Å². The molecular formula is C14H27O4S+. The fourth-order valence-electron chi connectivity index (χ4n) is 1.49. The van der Waals surface area contributed by atoms with E-state index in [2.05, 4.69) is 13.8 Å². The predicted octanol–water partition coefficient (Wildman–Crippen LogP) is 2.31. The van der Waals surface area contributed by atoms with Crippen LogP contribution in [-0.4, -0.2) is 42.4 Å². The van der Waals surface area contributed by atoms with E-state index in [0.717, 1.165) is 24.3 Å². The first kappa shape index (κ1) is 18.3. The summed E-state index contributed by atoms with van der Waals surface area (Å²) in [5.74, 6) is 2.25. The van der Waals surface area contributed by atoms with Gasteiger partial charge in [0.05, 0.1) is 0 Å². The first-order chi connectivity index (χ1) is 9.10. The highest BCUT2D eigenvalue weighted by molar-refractivity contribution is 7.97. The molecule has 0 radical (unpaired) electrons. The first-order valence-electron chi connectivity index (χ1n) is 7.03. The van der Waals surface area contributed by atoms with Crippen LogP contribution in [0.1, 0.15) is 46.5 Å². The molecule has 0 spiro atoms. The lowest BCUT2D eigenvalue weighted by Gasteiger charge is -2.08. The summed E-state index contributed by atoms with van der Waals surface area (Å²) in [7, 11) is 0.149. The minimum Gasteiger partial charge on any atom is -0.462 e. The number of esters is 2. The topological polar surface area (TPSA) is 52.6 Å². The SMILES string of the molecule is CCCC[S+](CCCC)CC(=O)OCCOC(C)=O. The van der Waals surface area contributed by atoms with Crippen LogP contribution in [-0.2, 0) is 30.0 Å². The molecule has 0 rings (SSSR count). The second-order valence-electron chi connectivity index (χ2n) is 4.43. The van der Waals surface area contributed by atoms with Crippen molar-refractivity contribution in [2.75, 3.05) is 30.5 Å². The van der Waals surface area contributed by atoms with Gasteiger partial charge in [0.15, 0.2) is 0 Å². The molecule has 0 aromatic carbocycles. The predicted molar refractivity (Wildman–Crippen MR) is 79.4 cm³/mol. The van der Waals surface area contributed by atoms with E-state index in [1.807, 2.05) is 0 Å². The molecule has 0 aliphatic heterocycles. The van der Waals surface area contributed by atoms with Crippen molar-refractivity contribution in [3.05, 3.63) is 0 Å². The lowest BCUT2D eigenvalue weighted by atomic mass is 10.4. The summed E-state index contributed by atoms with van der Waals surface area (Å²) in [6.07, 6.45) is 4.68. The van der Waals surface area contributed by atoms with Gasteiger partial charge in [-0.3, -0.25) is 4.79 Å². The molecule has 0 heterocycles. The molecule has 4 nitrogen and oxygen atoms in total. The van der Waals surface area contributed by atoms with E-state index < -0.39 is 0 Å². The van der Waals surface area contributed by atoms with Gasteiger partial charge in [-0.05, 0) is 23.7 Å². The van der Waals surface area contributed by atoms with Gasteiger partial charge in [0, 0.05) is 6.92 Å². The van der Waals surface area contributed by atoms with Gasteiger partial charge in [-0.15, -0.1) is 0 Å². The zero-order valence-electron chi connectivity index (χ0n) is 12.4. The maximum absolute atomic E-state index is 11.7. The van der Waals surface area contributed by atoms with Crippen LogP contribution >= 0.6 is 0 Å². The molecule has 0 fully saturated rings. The van der Waals surface area contributed by atoms with Crippen molar-refractivity contribution in [2.24, 2.45) is 0 Å². The zero-order chi connectivity index (χ0) is 14.5. The van der Waals surface area contributed by atoms with Gasteiger partial charge in [0.25, 0.3) is 0 Å². The standard InChI is InChI=1S/C14H27O4S/c1-4-6-10-19(11-7-5-2)12-14(16)18-9-8-17-13(3)15/h4-12H2,1-3H3/q+1. The number of rotatable bonds is 11. The molecule has 0 atom stereocenters. The van der Waals surface area contributed by atoms with Gasteiger partial charge < -0.3 is 9.47 Å². The van der Waals surface area contributed by atoms with E-state index >= 15 is 0 Å². The Morgan fingerprint density at radius 1 is 0.947 bits per heavy atom. The number of hydrogen-bond donors (Lipinski definition) is 0. The Kier molecular flexibility index (Phi) is 11.9. The van der Waals surface area contributed by atoms with Crippen LogP contribution in [0.25, 0.3) is 0 Å². The Balaban J connectivity index is 3.83. The quantitative estimate of drug-likeness (QED) is 0.333. The van der Waals surface area contributed by atoms with E-state index in [0.29, 0.717) is 5.75 Å². The molecule has 19 heavy (non-hydrogen) atoms. The van der Waals surface area contributed by atoms with Gasteiger partial charge >= 0.3 is 11.9 Å². The fraction of sp³-hybridized carbons (Fsp3) is 0.857. The molecule has 0 unspecified atom stereocenters. The zero-order valence-corrected chi connectivity index (χ0v) is 13.2. The molecule has 0 aliphatic rings. The molecule has 0 aromatic rings. The van der Waals surface area contributed by atoms with E-state index in [-0.39, 0.29) is 36.0 Å². The maximum atomic E-state index is 11.7. The van der Waals surface area contributed by atoms with Crippen molar-refractivity contribution >= 4 is 22.8 Å². The highest BCUT2D eigenvalue weighted by Gasteiger charge is 2.22. The molecule has 0 bridgehead atoms. The normalized spacial score (nSPS) is 10.5. The van der Waals surface area contributed by atoms with Crippen LogP contribution in [0.15, 0.2) is 0 Å². The Hall–Kier alpha value is -0.710. The first-order valence-corrected chi connectivity index (χ1v) is 8.76. The second kappa shape index (κ2) is 12.3. The fourth-order valence-corrected chi connectivity index (χ4v) is 3.80. The Bertz CT molecular complexity index is 248. The summed E-state index contributed by atoms with van der Waals surface area (Å²) >= 11 is 0. The lowest BCUT2D eigenvalue weighted by molar-refractivity contribution is -0.149. The average Bonchev–Trinajstić information content (AvgIpc) is 2.37. The second-order valence-corrected chi connectivity index (χ2v) is 6.76. The average molecular weight is 291 g/mol. The molecule has 112 valence electrons. The van der Waals surface area contributed by atoms with Gasteiger partial charge in [-0.25, -0.2) is 4.79 Å². The lowest BCUT2D eigenvalue weighted by Crippen LogP contribution is -2.25. The van der Waals surface area contributed by atoms with Crippen LogP contribution < -0.4 is 0 Å². The number of ether oxygens (including phenoxy) is 2. The van der Waals surface area contributed by atoms with Crippen molar-refractivity contribution < 1.29 is 19.1 Å². The van der Waals surface area contributed by atoms with Gasteiger partial charge in [-0.2, -0.15) is 0 Å². The molecule has 0 N–H and O–H groups in total. The molecule has 0 saturated heterocycles. The Morgan fingerprint density at radius 2 is 1.47 bits per heavy atom. The number of unbranched alkanes of at least 4 members (excludes halogenated alkanes) is 2. The highest BCUT2D eigenvalue weighted by Crippen LogP contribution is 2.06. The Morgan fingerprint density at radius 3 is 1.95 bits per heavy atom. The van der Waals surface area contributed by atoms with Crippen LogP contribution in [0.2, 0.25) is 0 Å². The number of carbonyl (C=O) groups excluding carboxylic acids is 2. The summed E-state index contributed by atoms with van der Waals surface area (Å²) in [6.45, 7) is 5.99.